The van der Waals surface area contributed by atoms with Gasteiger partial charge >= 0.3 is 11.8 Å². The standard InChI is InChI=1S/C21H31N3O3/c25-20(21(26)23-18-10-4-5-11-18)22-12-6-7-13-24-14-15-27-19(16-24)17-8-2-1-3-9-17/h1-3,8-9,18-19H,4-7,10-16H2,(H,22,25)(H,23,26)/t19-/m1/s1. The summed E-state index contributed by atoms with van der Waals surface area (Å²) < 4.78 is 5.89. The normalized spacial score (nSPS) is 21.1. The summed E-state index contributed by atoms with van der Waals surface area (Å²) >= 11 is 0. The molecule has 1 saturated carbocycles. The van der Waals surface area contributed by atoms with Crippen LogP contribution < -0.4 is 10.6 Å². The molecule has 0 spiro atoms. The molecule has 2 N–H and O–H groups in total. The highest BCUT2D eigenvalue weighted by Crippen LogP contribution is 2.22. The van der Waals surface area contributed by atoms with Gasteiger partial charge in [0, 0.05) is 25.7 Å². The monoisotopic (exact) mass is 373 g/mol. The van der Waals surface area contributed by atoms with Gasteiger partial charge in [0.25, 0.3) is 0 Å². The molecule has 2 amide bonds. The van der Waals surface area contributed by atoms with Gasteiger partial charge in [-0.2, -0.15) is 0 Å². The third-order valence-electron chi connectivity index (χ3n) is 5.41. The van der Waals surface area contributed by atoms with Crippen molar-refractivity contribution in [3.63, 3.8) is 0 Å². The van der Waals surface area contributed by atoms with Crippen LogP contribution in [0.3, 0.4) is 0 Å². The minimum absolute atomic E-state index is 0.138. The Bertz CT molecular complexity index is 602. The van der Waals surface area contributed by atoms with Crippen molar-refractivity contribution in [3.05, 3.63) is 35.9 Å². The molecule has 6 nitrogen and oxygen atoms in total. The Kier molecular flexibility index (Phi) is 7.66. The van der Waals surface area contributed by atoms with E-state index < -0.39 is 11.8 Å². The lowest BCUT2D eigenvalue weighted by molar-refractivity contribution is -0.139. The smallest absolute Gasteiger partial charge is 0.309 e. The van der Waals surface area contributed by atoms with Gasteiger partial charge < -0.3 is 15.4 Å². The summed E-state index contributed by atoms with van der Waals surface area (Å²) in [4.78, 5) is 26.1. The van der Waals surface area contributed by atoms with Crippen molar-refractivity contribution in [3.8, 4) is 0 Å². The summed E-state index contributed by atoms with van der Waals surface area (Å²) in [5, 5.41) is 5.55. The van der Waals surface area contributed by atoms with Gasteiger partial charge in [0.05, 0.1) is 12.7 Å². The largest absolute Gasteiger partial charge is 0.371 e. The average molecular weight is 373 g/mol. The molecule has 0 aromatic heterocycles. The van der Waals surface area contributed by atoms with Crippen molar-refractivity contribution in [2.75, 3.05) is 32.8 Å². The van der Waals surface area contributed by atoms with Crippen LogP contribution in [0, 0.1) is 0 Å². The summed E-state index contributed by atoms with van der Waals surface area (Å²) in [5.74, 6) is -0.988. The predicted octanol–water partition coefficient (Wildman–Crippen LogP) is 2.02. The van der Waals surface area contributed by atoms with Crippen molar-refractivity contribution < 1.29 is 14.3 Å². The third kappa shape index (κ3) is 6.33. The molecule has 1 aliphatic heterocycles. The molecule has 1 aliphatic carbocycles. The topological polar surface area (TPSA) is 70.7 Å². The molecule has 2 aliphatic rings. The van der Waals surface area contributed by atoms with Gasteiger partial charge in [-0.25, -0.2) is 0 Å². The van der Waals surface area contributed by atoms with E-state index in [0.717, 1.165) is 64.8 Å². The van der Waals surface area contributed by atoms with E-state index in [0.29, 0.717) is 6.54 Å². The molecule has 0 bridgehead atoms. The molecule has 2 fully saturated rings. The van der Waals surface area contributed by atoms with Crippen LogP contribution in [0.4, 0.5) is 0 Å². The molecule has 1 aromatic carbocycles. The Morgan fingerprint density at radius 1 is 1.07 bits per heavy atom. The number of hydrogen-bond acceptors (Lipinski definition) is 4. The highest BCUT2D eigenvalue weighted by Gasteiger charge is 2.22. The quantitative estimate of drug-likeness (QED) is 0.567. The number of rotatable bonds is 7. The number of unbranched alkanes of at least 4 members (excludes halogenated alkanes) is 1. The number of ether oxygens (including phenoxy) is 1. The van der Waals surface area contributed by atoms with Gasteiger partial charge in [-0.3, -0.25) is 14.5 Å². The Hall–Kier alpha value is -1.92. The second kappa shape index (κ2) is 10.4. The second-order valence-corrected chi connectivity index (χ2v) is 7.49. The number of carbonyl (C=O) groups excluding carboxylic acids is 2. The number of morpholine rings is 1. The van der Waals surface area contributed by atoms with Gasteiger partial charge in [-0.15, -0.1) is 0 Å². The Morgan fingerprint density at radius 2 is 1.85 bits per heavy atom. The van der Waals surface area contributed by atoms with Crippen LogP contribution in [0.1, 0.15) is 50.2 Å². The van der Waals surface area contributed by atoms with E-state index in [-0.39, 0.29) is 12.1 Å². The number of carbonyl (C=O) groups is 2. The van der Waals surface area contributed by atoms with E-state index in [1.54, 1.807) is 0 Å². The summed E-state index contributed by atoms with van der Waals surface area (Å²) in [6.45, 7) is 4.12. The Balaban J connectivity index is 1.28. The zero-order valence-electron chi connectivity index (χ0n) is 16.0. The van der Waals surface area contributed by atoms with Crippen molar-refractivity contribution in [2.45, 2.75) is 50.7 Å². The van der Waals surface area contributed by atoms with Crippen LogP contribution in [-0.4, -0.2) is 55.5 Å². The SMILES string of the molecule is O=C(NCCCCN1CCO[C@@H](c2ccccc2)C1)C(=O)NC1CCCC1. The minimum atomic E-state index is -0.502. The van der Waals surface area contributed by atoms with Gasteiger partial charge in [0.1, 0.15) is 0 Å². The van der Waals surface area contributed by atoms with Gasteiger partial charge in [0.2, 0.25) is 0 Å². The number of amides is 2. The fourth-order valence-electron chi connectivity index (χ4n) is 3.84. The first kappa shape index (κ1) is 19.8. The van der Waals surface area contributed by atoms with E-state index in [2.05, 4.69) is 27.7 Å². The van der Waals surface area contributed by atoms with Crippen LogP contribution in [0.15, 0.2) is 30.3 Å². The zero-order valence-corrected chi connectivity index (χ0v) is 16.0. The van der Waals surface area contributed by atoms with E-state index in [1.165, 1.54) is 5.56 Å². The van der Waals surface area contributed by atoms with Gasteiger partial charge in [0.15, 0.2) is 0 Å². The average Bonchev–Trinajstić information content (AvgIpc) is 3.21. The summed E-state index contributed by atoms with van der Waals surface area (Å²) in [6.07, 6.45) is 6.25. The van der Waals surface area contributed by atoms with E-state index in [9.17, 15) is 9.59 Å². The van der Waals surface area contributed by atoms with Crippen LogP contribution in [0.25, 0.3) is 0 Å². The molecule has 1 aromatic rings. The molecular weight excluding hydrogens is 342 g/mol. The fourth-order valence-corrected chi connectivity index (χ4v) is 3.84. The lowest BCUT2D eigenvalue weighted by Crippen LogP contribution is -2.44. The van der Waals surface area contributed by atoms with Gasteiger partial charge in [-0.1, -0.05) is 43.2 Å². The second-order valence-electron chi connectivity index (χ2n) is 7.49. The molecule has 1 atom stereocenters. The minimum Gasteiger partial charge on any atom is -0.371 e. The van der Waals surface area contributed by atoms with Crippen molar-refractivity contribution >= 4 is 11.8 Å². The number of benzene rings is 1. The van der Waals surface area contributed by atoms with Crippen LogP contribution in [0.2, 0.25) is 0 Å². The predicted molar refractivity (Wildman–Crippen MR) is 104 cm³/mol. The maximum Gasteiger partial charge on any atom is 0.309 e. The van der Waals surface area contributed by atoms with E-state index >= 15 is 0 Å². The number of nitrogens with zero attached hydrogens (tertiary/aromatic N) is 1. The molecule has 0 radical (unpaired) electrons. The summed E-state index contributed by atoms with van der Waals surface area (Å²) in [6, 6.07) is 10.5. The van der Waals surface area contributed by atoms with Crippen LogP contribution >= 0.6 is 0 Å². The van der Waals surface area contributed by atoms with Crippen LogP contribution in [0.5, 0.6) is 0 Å². The summed E-state index contributed by atoms with van der Waals surface area (Å²) in [5.41, 5.74) is 1.22. The summed E-state index contributed by atoms with van der Waals surface area (Å²) in [7, 11) is 0. The van der Waals surface area contributed by atoms with Crippen molar-refractivity contribution in [1.29, 1.82) is 0 Å². The number of nitrogens with one attached hydrogen (secondary N) is 2. The first-order valence-electron chi connectivity index (χ1n) is 10.2. The maximum atomic E-state index is 11.8. The third-order valence-corrected chi connectivity index (χ3v) is 5.41. The maximum absolute atomic E-state index is 11.8. The molecule has 6 heteroatoms. The molecule has 1 heterocycles. The van der Waals surface area contributed by atoms with Crippen LogP contribution in [-0.2, 0) is 14.3 Å². The van der Waals surface area contributed by atoms with Crippen molar-refractivity contribution in [2.24, 2.45) is 0 Å². The first-order valence-corrected chi connectivity index (χ1v) is 10.2. The van der Waals surface area contributed by atoms with Gasteiger partial charge in [-0.05, 0) is 37.8 Å². The molecular formula is C21H31N3O3. The van der Waals surface area contributed by atoms with E-state index in [4.69, 9.17) is 4.74 Å². The lowest BCUT2D eigenvalue weighted by atomic mass is 10.1. The highest BCUT2D eigenvalue weighted by molar-refractivity contribution is 6.35. The van der Waals surface area contributed by atoms with E-state index in [1.807, 2.05) is 18.2 Å². The molecule has 27 heavy (non-hydrogen) atoms. The molecule has 0 unspecified atom stereocenters. The van der Waals surface area contributed by atoms with Crippen molar-refractivity contribution in [1.82, 2.24) is 15.5 Å². The lowest BCUT2D eigenvalue weighted by Gasteiger charge is -2.33. The fraction of sp³-hybridized carbons (Fsp3) is 0.619. The highest BCUT2D eigenvalue weighted by atomic mass is 16.5. The Morgan fingerprint density at radius 3 is 2.63 bits per heavy atom. The first-order chi connectivity index (χ1) is 13.2. The molecule has 1 saturated heterocycles. The Labute approximate surface area is 161 Å². The molecule has 148 valence electrons. The zero-order chi connectivity index (χ0) is 18.9. The number of hydrogen-bond donors (Lipinski definition) is 2. The molecule has 3 rings (SSSR count).